The van der Waals surface area contributed by atoms with Crippen molar-refractivity contribution >= 4 is 64.9 Å². The molecule has 3 N–H and O–H groups in total. The minimum absolute atomic E-state index is 0.0959. The molecule has 2 aromatic carbocycles. The van der Waals surface area contributed by atoms with Crippen LogP contribution < -0.4 is 10.5 Å². The average molecular weight is 441 g/mol. The molecule has 20 heavy (non-hydrogen) atoms. The Morgan fingerprint density at radius 2 is 1.75 bits per heavy atom. The van der Waals surface area contributed by atoms with Crippen molar-refractivity contribution in [1.82, 2.24) is 0 Å². The van der Waals surface area contributed by atoms with Crippen LogP contribution in [0, 0.1) is 0 Å². The number of rotatable bonds is 3. The number of nitrogen functional groups attached to an aromatic ring is 1. The van der Waals surface area contributed by atoms with Crippen molar-refractivity contribution in [3.63, 3.8) is 0 Å². The summed E-state index contributed by atoms with van der Waals surface area (Å²) >= 11 is 12.3. The lowest BCUT2D eigenvalue weighted by Crippen LogP contribution is -2.14. The van der Waals surface area contributed by atoms with Gasteiger partial charge in [0.2, 0.25) is 0 Å². The first-order valence-corrected chi connectivity index (χ1v) is 8.77. The Kier molecular flexibility index (Phi) is 4.63. The van der Waals surface area contributed by atoms with Gasteiger partial charge in [0.05, 0.1) is 5.69 Å². The lowest BCUT2D eigenvalue weighted by molar-refractivity contribution is 0.601. The second kappa shape index (κ2) is 5.93. The van der Waals surface area contributed by atoms with Gasteiger partial charge in [-0.15, -0.1) is 0 Å². The van der Waals surface area contributed by atoms with E-state index in [1.165, 1.54) is 24.3 Å². The van der Waals surface area contributed by atoms with Crippen molar-refractivity contribution in [2.75, 3.05) is 10.5 Å². The van der Waals surface area contributed by atoms with Crippen LogP contribution in [0.1, 0.15) is 0 Å². The van der Waals surface area contributed by atoms with Crippen molar-refractivity contribution in [3.8, 4) is 0 Å². The number of halogens is 3. The van der Waals surface area contributed by atoms with Crippen LogP contribution in [0.2, 0.25) is 5.02 Å². The van der Waals surface area contributed by atoms with Crippen LogP contribution in [0.25, 0.3) is 0 Å². The first-order valence-electron chi connectivity index (χ1n) is 5.32. The Balaban J connectivity index is 2.43. The maximum absolute atomic E-state index is 12.4. The van der Waals surface area contributed by atoms with E-state index in [1.807, 2.05) is 0 Å². The van der Waals surface area contributed by atoms with Gasteiger partial charge in [-0.2, -0.15) is 0 Å². The summed E-state index contributed by atoms with van der Waals surface area (Å²) in [7, 11) is -3.74. The smallest absolute Gasteiger partial charge is 0.263 e. The molecule has 0 bridgehead atoms. The van der Waals surface area contributed by atoms with Gasteiger partial charge < -0.3 is 5.73 Å². The number of nitrogens with two attached hydrogens (primary N) is 1. The number of nitrogens with one attached hydrogen (secondary N) is 1. The molecule has 0 spiro atoms. The van der Waals surface area contributed by atoms with E-state index in [4.69, 9.17) is 17.3 Å². The van der Waals surface area contributed by atoms with Gasteiger partial charge in [-0.3, -0.25) is 4.72 Å². The van der Waals surface area contributed by atoms with Crippen LogP contribution in [-0.4, -0.2) is 8.42 Å². The average Bonchev–Trinajstić information content (AvgIpc) is 2.33. The fourth-order valence-electron chi connectivity index (χ4n) is 1.51. The highest BCUT2D eigenvalue weighted by Gasteiger charge is 2.19. The van der Waals surface area contributed by atoms with Crippen LogP contribution in [0.15, 0.2) is 50.2 Å². The summed E-state index contributed by atoms with van der Waals surface area (Å²) in [6.45, 7) is 0. The molecule has 0 aliphatic rings. The standard InChI is InChI=1S/C12H9Br2ClN2O2S/c13-9-3-1-7(15)5-11(9)17-20(18,19)12-4-2-8(16)6-10(12)14/h1-6,17H,16H2. The second-order valence-electron chi connectivity index (χ2n) is 3.92. The summed E-state index contributed by atoms with van der Waals surface area (Å²) in [5, 5.41) is 0.433. The van der Waals surface area contributed by atoms with Gasteiger partial charge in [-0.1, -0.05) is 11.6 Å². The second-order valence-corrected chi connectivity index (χ2v) is 7.72. The summed E-state index contributed by atoms with van der Waals surface area (Å²) in [4.78, 5) is 0.0959. The van der Waals surface area contributed by atoms with Crippen molar-refractivity contribution in [1.29, 1.82) is 0 Å². The van der Waals surface area contributed by atoms with Crippen LogP contribution in [0.3, 0.4) is 0 Å². The minimum Gasteiger partial charge on any atom is -0.399 e. The molecule has 2 rings (SSSR count). The first kappa shape index (κ1) is 15.6. The molecule has 0 amide bonds. The first-order chi connectivity index (χ1) is 9.29. The van der Waals surface area contributed by atoms with Gasteiger partial charge >= 0.3 is 0 Å². The Labute approximate surface area is 138 Å². The molecular weight excluding hydrogens is 431 g/mol. The van der Waals surface area contributed by atoms with Crippen LogP contribution in [-0.2, 0) is 10.0 Å². The summed E-state index contributed by atoms with van der Waals surface area (Å²) in [6, 6.07) is 9.32. The number of benzene rings is 2. The van der Waals surface area contributed by atoms with Crippen LogP contribution in [0.5, 0.6) is 0 Å². The molecule has 0 unspecified atom stereocenters. The van der Waals surface area contributed by atoms with E-state index in [9.17, 15) is 8.42 Å². The lowest BCUT2D eigenvalue weighted by Gasteiger charge is -2.11. The van der Waals surface area contributed by atoms with Gasteiger partial charge in [-0.05, 0) is 68.3 Å². The summed E-state index contributed by atoms with van der Waals surface area (Å²) in [6.07, 6.45) is 0. The summed E-state index contributed by atoms with van der Waals surface area (Å²) in [5.41, 5.74) is 6.43. The third-order valence-electron chi connectivity index (χ3n) is 2.42. The van der Waals surface area contributed by atoms with Gasteiger partial charge in [0.15, 0.2) is 0 Å². The third-order valence-corrected chi connectivity index (χ3v) is 5.69. The van der Waals surface area contributed by atoms with Gasteiger partial charge in [0.1, 0.15) is 4.90 Å². The predicted octanol–water partition coefficient (Wildman–Crippen LogP) is 4.25. The van der Waals surface area contributed by atoms with Crippen molar-refractivity contribution < 1.29 is 8.42 Å². The largest absolute Gasteiger partial charge is 0.399 e. The zero-order valence-electron chi connectivity index (χ0n) is 9.90. The number of sulfonamides is 1. The zero-order valence-corrected chi connectivity index (χ0v) is 14.6. The molecule has 0 aliphatic carbocycles. The fourth-order valence-corrected chi connectivity index (χ4v) is 4.33. The van der Waals surface area contributed by atoms with E-state index in [2.05, 4.69) is 36.6 Å². The van der Waals surface area contributed by atoms with E-state index in [0.717, 1.165) is 0 Å². The number of hydrogen-bond donors (Lipinski definition) is 2. The maximum atomic E-state index is 12.4. The molecule has 0 aromatic heterocycles. The molecule has 2 aromatic rings. The quantitative estimate of drug-likeness (QED) is 0.701. The van der Waals surface area contributed by atoms with Crippen LogP contribution in [0.4, 0.5) is 11.4 Å². The Morgan fingerprint density at radius 3 is 2.40 bits per heavy atom. The minimum atomic E-state index is -3.74. The molecule has 0 atom stereocenters. The monoisotopic (exact) mass is 438 g/mol. The van der Waals surface area contributed by atoms with E-state index in [-0.39, 0.29) is 4.90 Å². The molecule has 0 fully saturated rings. The van der Waals surface area contributed by atoms with Crippen molar-refractivity contribution in [2.45, 2.75) is 4.90 Å². The Hall–Kier alpha value is -0.760. The normalized spacial score (nSPS) is 11.3. The predicted molar refractivity (Wildman–Crippen MR) is 88.5 cm³/mol. The Bertz CT molecular complexity index is 766. The van der Waals surface area contributed by atoms with E-state index < -0.39 is 10.0 Å². The molecule has 106 valence electrons. The molecule has 0 aliphatic heterocycles. The topological polar surface area (TPSA) is 72.2 Å². The van der Waals surface area contributed by atoms with Crippen molar-refractivity contribution in [2.24, 2.45) is 0 Å². The summed E-state index contributed by atoms with van der Waals surface area (Å²) in [5.74, 6) is 0. The van der Waals surface area contributed by atoms with Gasteiger partial charge in [-0.25, -0.2) is 8.42 Å². The van der Waals surface area contributed by atoms with Crippen LogP contribution >= 0.6 is 43.5 Å². The summed E-state index contributed by atoms with van der Waals surface area (Å²) < 4.78 is 28.2. The molecular formula is C12H9Br2ClN2O2S. The van der Waals surface area contributed by atoms with Crippen molar-refractivity contribution in [3.05, 3.63) is 50.4 Å². The highest BCUT2D eigenvalue weighted by Crippen LogP contribution is 2.30. The number of hydrogen-bond acceptors (Lipinski definition) is 3. The molecule has 0 radical (unpaired) electrons. The third kappa shape index (κ3) is 3.46. The SMILES string of the molecule is Nc1ccc(S(=O)(=O)Nc2cc(Cl)ccc2Br)c(Br)c1. The highest BCUT2D eigenvalue weighted by atomic mass is 79.9. The highest BCUT2D eigenvalue weighted by molar-refractivity contribution is 9.11. The maximum Gasteiger partial charge on any atom is 0.263 e. The molecule has 4 nitrogen and oxygen atoms in total. The molecule has 0 saturated carbocycles. The number of anilines is 2. The molecule has 8 heteroatoms. The van der Waals surface area contributed by atoms with Gasteiger partial charge in [0, 0.05) is 19.7 Å². The Morgan fingerprint density at radius 1 is 1.05 bits per heavy atom. The van der Waals surface area contributed by atoms with E-state index in [1.54, 1.807) is 12.1 Å². The fraction of sp³-hybridized carbons (Fsp3) is 0. The molecule has 0 heterocycles. The van der Waals surface area contributed by atoms with E-state index in [0.29, 0.717) is 25.3 Å². The van der Waals surface area contributed by atoms with E-state index >= 15 is 0 Å². The zero-order chi connectivity index (χ0) is 14.9. The molecule has 0 saturated heterocycles. The van der Waals surface area contributed by atoms with Gasteiger partial charge in [0.25, 0.3) is 10.0 Å². The lowest BCUT2D eigenvalue weighted by atomic mass is 10.3.